The maximum absolute atomic E-state index is 13.7. The third-order valence-corrected chi connectivity index (χ3v) is 5.83. The van der Waals surface area contributed by atoms with Crippen LogP contribution in [0.2, 0.25) is 0 Å². The van der Waals surface area contributed by atoms with Gasteiger partial charge in [-0.2, -0.15) is 18.3 Å². The molecule has 0 aromatic carbocycles. The average Bonchev–Trinajstić information content (AvgIpc) is 3.38. The Morgan fingerprint density at radius 2 is 1.84 bits per heavy atom. The molecule has 1 amide bonds. The number of nitrogens with zero attached hydrogens (tertiary/aromatic N) is 5. The van der Waals surface area contributed by atoms with Crippen molar-refractivity contribution >= 4 is 11.6 Å². The van der Waals surface area contributed by atoms with Crippen LogP contribution in [0.25, 0.3) is 5.65 Å². The van der Waals surface area contributed by atoms with Gasteiger partial charge in [0, 0.05) is 43.0 Å². The number of alkyl halides is 3. The van der Waals surface area contributed by atoms with E-state index < -0.39 is 17.3 Å². The third-order valence-electron chi connectivity index (χ3n) is 5.83. The molecule has 0 saturated carbocycles. The Hall–Kier alpha value is -2.91. The number of hydrogen-bond acceptors (Lipinski definition) is 5. The van der Waals surface area contributed by atoms with Crippen LogP contribution >= 0.6 is 0 Å². The molecule has 0 unspecified atom stereocenters. The van der Waals surface area contributed by atoms with E-state index >= 15 is 0 Å². The molecule has 0 bridgehead atoms. The summed E-state index contributed by atoms with van der Waals surface area (Å²) in [6.45, 7) is 8.34. The molecule has 3 aromatic rings. The molecule has 0 atom stereocenters. The number of amides is 1. The third kappa shape index (κ3) is 4.22. The first-order valence-electron chi connectivity index (χ1n) is 10.7. The van der Waals surface area contributed by atoms with E-state index in [0.717, 1.165) is 10.6 Å². The van der Waals surface area contributed by atoms with Gasteiger partial charge in [0.2, 0.25) is 0 Å². The first-order chi connectivity index (χ1) is 15.0. The van der Waals surface area contributed by atoms with Crippen LogP contribution in [0.1, 0.15) is 79.8 Å². The molecule has 0 radical (unpaired) electrons. The van der Waals surface area contributed by atoms with Gasteiger partial charge in [-0.1, -0.05) is 32.9 Å². The highest BCUT2D eigenvalue weighted by molar-refractivity contribution is 5.92. The lowest BCUT2D eigenvalue weighted by Crippen LogP contribution is -2.38. The SMILES string of the molecule is CCc1cc(C(=O)N2CCC(c3cc4nc(C(C)(C)C)cc(C(F)(F)F)n4n3)CC2)no1. The lowest BCUT2D eigenvalue weighted by atomic mass is 9.91. The molecule has 0 aliphatic carbocycles. The van der Waals surface area contributed by atoms with E-state index in [1.165, 1.54) is 0 Å². The van der Waals surface area contributed by atoms with Crippen LogP contribution in [0, 0.1) is 0 Å². The van der Waals surface area contributed by atoms with E-state index in [2.05, 4.69) is 15.2 Å². The van der Waals surface area contributed by atoms with Crippen molar-refractivity contribution in [3.63, 3.8) is 0 Å². The molecule has 4 heterocycles. The quantitative estimate of drug-likeness (QED) is 0.583. The van der Waals surface area contributed by atoms with Gasteiger partial charge in [-0.05, 0) is 18.9 Å². The summed E-state index contributed by atoms with van der Waals surface area (Å²) >= 11 is 0. The second kappa shape index (κ2) is 7.90. The van der Waals surface area contributed by atoms with Crippen molar-refractivity contribution in [2.45, 2.75) is 64.5 Å². The van der Waals surface area contributed by atoms with Crippen LogP contribution in [0.15, 0.2) is 22.7 Å². The summed E-state index contributed by atoms with van der Waals surface area (Å²) in [6.07, 6.45) is -2.69. The summed E-state index contributed by atoms with van der Waals surface area (Å²) in [4.78, 5) is 18.8. The highest BCUT2D eigenvalue weighted by Crippen LogP contribution is 2.34. The van der Waals surface area contributed by atoms with Gasteiger partial charge in [0.1, 0.15) is 11.5 Å². The fraction of sp³-hybridized carbons (Fsp3) is 0.545. The van der Waals surface area contributed by atoms with E-state index in [-0.39, 0.29) is 23.2 Å². The zero-order valence-electron chi connectivity index (χ0n) is 18.5. The van der Waals surface area contributed by atoms with Gasteiger partial charge >= 0.3 is 6.18 Å². The fourth-order valence-electron chi connectivity index (χ4n) is 3.90. The van der Waals surface area contributed by atoms with Crippen LogP contribution in [-0.2, 0) is 18.0 Å². The first kappa shape index (κ1) is 22.3. The molecule has 0 spiro atoms. The number of halogens is 3. The number of hydrogen-bond donors (Lipinski definition) is 0. The van der Waals surface area contributed by atoms with Crippen LogP contribution in [-0.4, -0.2) is 43.7 Å². The topological polar surface area (TPSA) is 76.5 Å². The molecule has 0 N–H and O–H groups in total. The average molecular weight is 449 g/mol. The fourth-order valence-corrected chi connectivity index (χ4v) is 3.90. The maximum atomic E-state index is 13.7. The Balaban J connectivity index is 1.56. The lowest BCUT2D eigenvalue weighted by molar-refractivity contribution is -0.142. The molecule has 10 heteroatoms. The zero-order valence-corrected chi connectivity index (χ0v) is 18.5. The predicted octanol–water partition coefficient (Wildman–Crippen LogP) is 4.62. The molecule has 1 aliphatic rings. The van der Waals surface area contributed by atoms with E-state index in [0.29, 0.717) is 49.5 Å². The van der Waals surface area contributed by atoms with Crippen molar-refractivity contribution in [3.8, 4) is 0 Å². The largest absolute Gasteiger partial charge is 0.433 e. The van der Waals surface area contributed by atoms with E-state index in [4.69, 9.17) is 4.52 Å². The number of likely N-dealkylation sites (tertiary alicyclic amines) is 1. The molecule has 32 heavy (non-hydrogen) atoms. The Labute approximate surface area is 183 Å². The molecule has 1 saturated heterocycles. The molecular formula is C22H26F3N5O2. The number of carbonyl (C=O) groups is 1. The summed E-state index contributed by atoms with van der Waals surface area (Å²) in [5.41, 5.74) is 0.0364. The number of piperidine rings is 1. The van der Waals surface area contributed by atoms with Crippen molar-refractivity contribution in [2.75, 3.05) is 13.1 Å². The van der Waals surface area contributed by atoms with E-state index in [9.17, 15) is 18.0 Å². The molecule has 172 valence electrons. The number of aryl methyl sites for hydroxylation is 1. The minimum absolute atomic E-state index is 0.0524. The van der Waals surface area contributed by atoms with Crippen molar-refractivity contribution in [3.05, 3.63) is 46.7 Å². The summed E-state index contributed by atoms with van der Waals surface area (Å²) in [5.74, 6) is 0.400. The van der Waals surface area contributed by atoms with Crippen molar-refractivity contribution in [2.24, 2.45) is 0 Å². The second-order valence-electron chi connectivity index (χ2n) is 9.21. The minimum atomic E-state index is -4.55. The highest BCUT2D eigenvalue weighted by Gasteiger charge is 2.37. The molecule has 7 nitrogen and oxygen atoms in total. The predicted molar refractivity (Wildman–Crippen MR) is 110 cm³/mol. The van der Waals surface area contributed by atoms with Gasteiger partial charge in [0.05, 0.1) is 11.4 Å². The Morgan fingerprint density at radius 1 is 1.16 bits per heavy atom. The van der Waals surface area contributed by atoms with Crippen molar-refractivity contribution in [1.29, 1.82) is 0 Å². The van der Waals surface area contributed by atoms with Gasteiger partial charge < -0.3 is 9.42 Å². The minimum Gasteiger partial charge on any atom is -0.361 e. The summed E-state index contributed by atoms with van der Waals surface area (Å²) < 4.78 is 47.2. The second-order valence-corrected chi connectivity index (χ2v) is 9.21. The van der Waals surface area contributed by atoms with E-state index in [1.807, 2.05) is 27.7 Å². The number of rotatable bonds is 3. The van der Waals surface area contributed by atoms with Gasteiger partial charge in [-0.25, -0.2) is 9.50 Å². The van der Waals surface area contributed by atoms with Crippen LogP contribution in [0.5, 0.6) is 0 Å². The Bertz CT molecular complexity index is 1130. The molecular weight excluding hydrogens is 423 g/mol. The number of aromatic nitrogens is 4. The maximum Gasteiger partial charge on any atom is 0.433 e. The normalized spacial score (nSPS) is 16.2. The van der Waals surface area contributed by atoms with E-state index in [1.54, 1.807) is 17.0 Å². The molecule has 4 rings (SSSR count). The van der Waals surface area contributed by atoms with Crippen LogP contribution in [0.3, 0.4) is 0 Å². The van der Waals surface area contributed by atoms with Gasteiger partial charge in [-0.3, -0.25) is 4.79 Å². The van der Waals surface area contributed by atoms with Crippen LogP contribution in [0.4, 0.5) is 13.2 Å². The first-order valence-corrected chi connectivity index (χ1v) is 10.7. The Kier molecular flexibility index (Phi) is 5.50. The zero-order chi connectivity index (χ0) is 23.3. The summed E-state index contributed by atoms with van der Waals surface area (Å²) in [5, 5.41) is 8.10. The lowest BCUT2D eigenvalue weighted by Gasteiger charge is -2.30. The van der Waals surface area contributed by atoms with Crippen LogP contribution < -0.4 is 0 Å². The summed E-state index contributed by atoms with van der Waals surface area (Å²) in [7, 11) is 0. The Morgan fingerprint density at radius 3 is 2.41 bits per heavy atom. The smallest absolute Gasteiger partial charge is 0.361 e. The standard InChI is InChI=1S/C22H26F3N5O2/c1-5-14-10-16(28-32-14)20(31)29-8-6-13(7-9-29)15-11-19-26-17(21(2,3)4)12-18(22(23,24)25)30(19)27-15/h10-13H,5-9H2,1-4H3. The highest BCUT2D eigenvalue weighted by atomic mass is 19.4. The van der Waals surface area contributed by atoms with Gasteiger partial charge in [0.25, 0.3) is 5.91 Å². The van der Waals surface area contributed by atoms with Gasteiger partial charge in [-0.15, -0.1) is 0 Å². The molecule has 1 aliphatic heterocycles. The van der Waals surface area contributed by atoms with Crippen molar-refractivity contribution in [1.82, 2.24) is 24.7 Å². The molecule has 1 fully saturated rings. The van der Waals surface area contributed by atoms with Gasteiger partial charge in [0.15, 0.2) is 11.3 Å². The monoisotopic (exact) mass is 449 g/mol. The summed E-state index contributed by atoms with van der Waals surface area (Å²) in [6, 6.07) is 4.36. The number of fused-ring (bicyclic) bond motifs is 1. The van der Waals surface area contributed by atoms with Crippen molar-refractivity contribution < 1.29 is 22.5 Å². The number of carbonyl (C=O) groups excluding carboxylic acids is 1. The molecule has 3 aromatic heterocycles.